The molecule has 3 rings (SSSR count). The van der Waals surface area contributed by atoms with Crippen molar-refractivity contribution in [1.82, 2.24) is 5.32 Å². The summed E-state index contributed by atoms with van der Waals surface area (Å²) in [6.45, 7) is 1.89. The van der Waals surface area contributed by atoms with E-state index in [1.807, 2.05) is 12.1 Å². The summed E-state index contributed by atoms with van der Waals surface area (Å²) in [6, 6.07) is 18.9. The molecule has 2 N–H and O–H groups in total. The summed E-state index contributed by atoms with van der Waals surface area (Å²) >= 11 is 0. The minimum atomic E-state index is 0.150. The molecule has 1 aliphatic rings. The largest absolute Gasteiger partial charge is 0.326 e. The van der Waals surface area contributed by atoms with Crippen LogP contribution in [0.2, 0.25) is 0 Å². The second-order valence-electron chi connectivity index (χ2n) is 6.55. The molecule has 2 aromatic rings. The number of benzene rings is 2. The maximum atomic E-state index is 12.2. The molecule has 1 fully saturated rings. The van der Waals surface area contributed by atoms with Crippen molar-refractivity contribution in [3.8, 4) is 0 Å². The van der Waals surface area contributed by atoms with Gasteiger partial charge in [-0.15, -0.1) is 0 Å². The van der Waals surface area contributed by atoms with E-state index in [0.29, 0.717) is 0 Å². The predicted octanol–water partition coefficient (Wildman–Crippen LogP) is 3.80. The molecule has 1 heterocycles. The first-order valence-electron chi connectivity index (χ1n) is 8.96. The fraction of sp³-hybridized carbons (Fsp3) is 0.381. The van der Waals surface area contributed by atoms with Crippen LogP contribution in [0.4, 0.5) is 5.69 Å². The van der Waals surface area contributed by atoms with Gasteiger partial charge in [0.05, 0.1) is 0 Å². The second kappa shape index (κ2) is 8.65. The molecule has 0 aliphatic carbocycles. The topological polar surface area (TPSA) is 41.1 Å². The van der Waals surface area contributed by atoms with Crippen LogP contribution in [-0.4, -0.2) is 19.0 Å². The number of piperidine rings is 1. The Kier molecular flexibility index (Phi) is 6.02. The lowest BCUT2D eigenvalue weighted by atomic mass is 9.97. The molecule has 24 heavy (non-hydrogen) atoms. The smallest absolute Gasteiger partial charge is 0.227 e. The van der Waals surface area contributed by atoms with Crippen molar-refractivity contribution >= 4 is 11.6 Å². The summed E-state index contributed by atoms with van der Waals surface area (Å²) in [6.07, 6.45) is 5.18. The monoisotopic (exact) mass is 322 g/mol. The van der Waals surface area contributed by atoms with Gasteiger partial charge in [-0.2, -0.15) is 0 Å². The SMILES string of the molecule is O=C(Nc1ccc(CCCc2ccccc2)cc1)C1CCNCC1. The predicted molar refractivity (Wildman–Crippen MR) is 99.1 cm³/mol. The van der Waals surface area contributed by atoms with Crippen LogP contribution in [0.5, 0.6) is 0 Å². The minimum Gasteiger partial charge on any atom is -0.326 e. The number of carbonyl (C=O) groups excluding carboxylic acids is 1. The molecule has 0 aromatic heterocycles. The molecule has 1 amide bonds. The lowest BCUT2D eigenvalue weighted by Gasteiger charge is -2.21. The number of rotatable bonds is 6. The van der Waals surface area contributed by atoms with E-state index in [1.54, 1.807) is 0 Å². The van der Waals surface area contributed by atoms with Gasteiger partial charge < -0.3 is 10.6 Å². The van der Waals surface area contributed by atoms with Crippen molar-refractivity contribution < 1.29 is 4.79 Å². The maximum Gasteiger partial charge on any atom is 0.227 e. The molecule has 2 aromatic carbocycles. The molecular weight excluding hydrogens is 296 g/mol. The van der Waals surface area contributed by atoms with Crippen LogP contribution in [-0.2, 0) is 17.6 Å². The van der Waals surface area contributed by atoms with Gasteiger partial charge in [-0.05, 0) is 68.5 Å². The zero-order chi connectivity index (χ0) is 16.6. The van der Waals surface area contributed by atoms with Crippen molar-refractivity contribution in [1.29, 1.82) is 0 Å². The van der Waals surface area contributed by atoms with Gasteiger partial charge in [0.1, 0.15) is 0 Å². The molecule has 0 bridgehead atoms. The van der Waals surface area contributed by atoms with E-state index in [-0.39, 0.29) is 11.8 Å². The molecular formula is C21H26N2O. The standard InChI is InChI=1S/C21H26N2O/c24-21(19-13-15-22-16-14-19)23-20-11-9-18(10-12-20)8-4-7-17-5-2-1-3-6-17/h1-3,5-6,9-12,19,22H,4,7-8,13-16H2,(H,23,24). The Morgan fingerprint density at radius 3 is 2.21 bits per heavy atom. The fourth-order valence-electron chi connectivity index (χ4n) is 3.22. The third kappa shape index (κ3) is 4.93. The zero-order valence-corrected chi connectivity index (χ0v) is 14.1. The average molecular weight is 322 g/mol. The van der Waals surface area contributed by atoms with E-state index in [4.69, 9.17) is 0 Å². The molecule has 3 heteroatoms. The normalized spacial score (nSPS) is 15.2. The summed E-state index contributed by atoms with van der Waals surface area (Å²) < 4.78 is 0. The molecule has 1 saturated heterocycles. The molecule has 3 nitrogen and oxygen atoms in total. The van der Waals surface area contributed by atoms with Crippen LogP contribution in [0.1, 0.15) is 30.4 Å². The van der Waals surface area contributed by atoms with Gasteiger partial charge in [0.2, 0.25) is 5.91 Å². The molecule has 0 spiro atoms. The maximum absolute atomic E-state index is 12.2. The Morgan fingerprint density at radius 1 is 0.917 bits per heavy atom. The Morgan fingerprint density at radius 2 is 1.54 bits per heavy atom. The molecule has 0 radical (unpaired) electrons. The quantitative estimate of drug-likeness (QED) is 0.849. The number of hydrogen-bond donors (Lipinski definition) is 2. The molecule has 0 unspecified atom stereocenters. The molecule has 0 atom stereocenters. The lowest BCUT2D eigenvalue weighted by molar-refractivity contribution is -0.120. The number of nitrogens with one attached hydrogen (secondary N) is 2. The van der Waals surface area contributed by atoms with E-state index in [0.717, 1.165) is 50.9 Å². The highest BCUT2D eigenvalue weighted by molar-refractivity contribution is 5.92. The van der Waals surface area contributed by atoms with Crippen molar-refractivity contribution in [3.05, 3.63) is 65.7 Å². The highest BCUT2D eigenvalue weighted by atomic mass is 16.1. The number of amides is 1. The van der Waals surface area contributed by atoms with Crippen LogP contribution < -0.4 is 10.6 Å². The zero-order valence-electron chi connectivity index (χ0n) is 14.1. The number of carbonyl (C=O) groups is 1. The van der Waals surface area contributed by atoms with Gasteiger partial charge in [-0.3, -0.25) is 4.79 Å². The third-order valence-corrected chi connectivity index (χ3v) is 4.71. The fourth-order valence-corrected chi connectivity index (χ4v) is 3.22. The van der Waals surface area contributed by atoms with Gasteiger partial charge in [0.25, 0.3) is 0 Å². The number of aryl methyl sites for hydroxylation is 2. The highest BCUT2D eigenvalue weighted by Gasteiger charge is 2.20. The summed E-state index contributed by atoms with van der Waals surface area (Å²) in [5, 5.41) is 6.35. The Hall–Kier alpha value is -2.13. The minimum absolute atomic E-state index is 0.150. The van der Waals surface area contributed by atoms with E-state index in [2.05, 4.69) is 53.1 Å². The summed E-state index contributed by atoms with van der Waals surface area (Å²) in [7, 11) is 0. The summed E-state index contributed by atoms with van der Waals surface area (Å²) in [5.41, 5.74) is 3.62. The van der Waals surface area contributed by atoms with Crippen molar-refractivity contribution in [2.75, 3.05) is 18.4 Å². The average Bonchev–Trinajstić information content (AvgIpc) is 2.65. The van der Waals surface area contributed by atoms with Crippen LogP contribution in [0.25, 0.3) is 0 Å². The number of anilines is 1. The first kappa shape index (κ1) is 16.7. The van der Waals surface area contributed by atoms with Crippen molar-refractivity contribution in [2.45, 2.75) is 32.1 Å². The van der Waals surface area contributed by atoms with Crippen LogP contribution in [0.3, 0.4) is 0 Å². The van der Waals surface area contributed by atoms with Crippen LogP contribution in [0.15, 0.2) is 54.6 Å². The number of hydrogen-bond acceptors (Lipinski definition) is 2. The van der Waals surface area contributed by atoms with Crippen LogP contribution in [0, 0.1) is 5.92 Å². The van der Waals surface area contributed by atoms with E-state index < -0.39 is 0 Å². The van der Waals surface area contributed by atoms with Gasteiger partial charge in [-0.25, -0.2) is 0 Å². The Bertz CT molecular complexity index is 631. The summed E-state index contributed by atoms with van der Waals surface area (Å²) in [4.78, 5) is 12.2. The van der Waals surface area contributed by atoms with Crippen LogP contribution >= 0.6 is 0 Å². The van der Waals surface area contributed by atoms with E-state index >= 15 is 0 Å². The Labute approximate surface area is 144 Å². The van der Waals surface area contributed by atoms with Crippen molar-refractivity contribution in [2.24, 2.45) is 5.92 Å². The second-order valence-corrected chi connectivity index (χ2v) is 6.55. The molecule has 0 saturated carbocycles. The van der Waals surface area contributed by atoms with Gasteiger partial charge >= 0.3 is 0 Å². The van der Waals surface area contributed by atoms with E-state index in [9.17, 15) is 4.79 Å². The summed E-state index contributed by atoms with van der Waals surface area (Å²) in [5.74, 6) is 0.310. The van der Waals surface area contributed by atoms with Gasteiger partial charge in [0.15, 0.2) is 0 Å². The molecule has 1 aliphatic heterocycles. The molecule has 126 valence electrons. The Balaban J connectivity index is 1.45. The lowest BCUT2D eigenvalue weighted by Crippen LogP contribution is -2.34. The third-order valence-electron chi connectivity index (χ3n) is 4.71. The first-order chi connectivity index (χ1) is 11.8. The van der Waals surface area contributed by atoms with Gasteiger partial charge in [0, 0.05) is 11.6 Å². The van der Waals surface area contributed by atoms with Gasteiger partial charge in [-0.1, -0.05) is 42.5 Å². The first-order valence-corrected chi connectivity index (χ1v) is 8.96. The van der Waals surface area contributed by atoms with E-state index in [1.165, 1.54) is 11.1 Å². The highest BCUT2D eigenvalue weighted by Crippen LogP contribution is 2.17. The van der Waals surface area contributed by atoms with Crippen molar-refractivity contribution in [3.63, 3.8) is 0 Å².